The van der Waals surface area contributed by atoms with Gasteiger partial charge in [0.1, 0.15) is 11.6 Å². The van der Waals surface area contributed by atoms with Gasteiger partial charge in [0.25, 0.3) is 0 Å². The minimum Gasteiger partial charge on any atom is -0.290 e. The average Bonchev–Trinajstić information content (AvgIpc) is 1.99. The number of nitrogens with zero attached hydrogens (tertiary/aromatic N) is 1. The molecule has 1 aliphatic carbocycles. The minimum atomic E-state index is -0.385. The van der Waals surface area contributed by atoms with Crippen LogP contribution in [0.1, 0.15) is 6.92 Å². The second kappa shape index (κ2) is 2.51. The van der Waals surface area contributed by atoms with Crippen LogP contribution < -0.4 is 0 Å². The monoisotopic (exact) mass is 147 g/mol. The van der Waals surface area contributed by atoms with Crippen molar-refractivity contribution in [3.05, 3.63) is 23.3 Å². The van der Waals surface area contributed by atoms with E-state index in [9.17, 15) is 9.59 Å². The van der Waals surface area contributed by atoms with Gasteiger partial charge in [-0.05, 0) is 19.1 Å². The van der Waals surface area contributed by atoms with Crippen LogP contribution in [0.3, 0.4) is 0 Å². The first-order valence-corrected chi connectivity index (χ1v) is 3.04. The van der Waals surface area contributed by atoms with E-state index in [-0.39, 0.29) is 22.7 Å². The molecule has 54 valence electrons. The standard InChI is InChI=1S/C8H5NO2/c1-5-6(4-9)8(11)3-2-7(5)10/h2-3H,1H3. The van der Waals surface area contributed by atoms with Crippen LogP contribution in [0.15, 0.2) is 23.3 Å². The van der Waals surface area contributed by atoms with Gasteiger partial charge >= 0.3 is 0 Å². The van der Waals surface area contributed by atoms with Gasteiger partial charge in [0, 0.05) is 5.57 Å². The van der Waals surface area contributed by atoms with Crippen LogP contribution in [0.5, 0.6) is 0 Å². The summed E-state index contributed by atoms with van der Waals surface area (Å²) in [5, 5.41) is 8.43. The Balaban J connectivity index is 3.23. The van der Waals surface area contributed by atoms with Gasteiger partial charge in [0.05, 0.1) is 0 Å². The minimum absolute atomic E-state index is 0.0440. The molecule has 0 saturated carbocycles. The fourth-order valence-electron chi connectivity index (χ4n) is 0.807. The Morgan fingerprint density at radius 3 is 2.27 bits per heavy atom. The van der Waals surface area contributed by atoms with Crippen LogP contribution in [0, 0.1) is 11.3 Å². The van der Waals surface area contributed by atoms with Crippen molar-refractivity contribution in [1.82, 2.24) is 0 Å². The molecule has 0 aliphatic heterocycles. The molecule has 3 nitrogen and oxygen atoms in total. The van der Waals surface area contributed by atoms with Crippen LogP contribution in [0.25, 0.3) is 0 Å². The summed E-state index contributed by atoms with van der Waals surface area (Å²) >= 11 is 0. The number of ketones is 2. The predicted molar refractivity (Wildman–Crippen MR) is 37.5 cm³/mol. The molecule has 0 aromatic carbocycles. The fourth-order valence-corrected chi connectivity index (χ4v) is 0.807. The fraction of sp³-hybridized carbons (Fsp3) is 0.125. The molecule has 0 spiro atoms. The molecule has 0 N–H and O–H groups in total. The highest BCUT2D eigenvalue weighted by Gasteiger charge is 2.18. The quantitative estimate of drug-likeness (QED) is 0.470. The third-order valence-corrected chi connectivity index (χ3v) is 1.49. The highest BCUT2D eigenvalue weighted by Crippen LogP contribution is 2.11. The van der Waals surface area contributed by atoms with Crippen LogP contribution in [0.4, 0.5) is 0 Å². The summed E-state index contributed by atoms with van der Waals surface area (Å²) in [5.74, 6) is -0.647. The SMILES string of the molecule is CC1=C(C#N)C(=O)C=CC1=O. The molecule has 0 radical (unpaired) electrons. The Kier molecular flexibility index (Phi) is 1.69. The van der Waals surface area contributed by atoms with Gasteiger partial charge in [-0.25, -0.2) is 0 Å². The molecule has 0 unspecified atom stereocenters. The first-order valence-electron chi connectivity index (χ1n) is 3.04. The Labute approximate surface area is 63.6 Å². The lowest BCUT2D eigenvalue weighted by Crippen LogP contribution is -2.11. The van der Waals surface area contributed by atoms with Gasteiger partial charge in [-0.1, -0.05) is 0 Å². The molecule has 1 rings (SSSR count). The largest absolute Gasteiger partial charge is 0.290 e. The Bertz CT molecular complexity index is 328. The van der Waals surface area contributed by atoms with E-state index in [1.54, 1.807) is 6.07 Å². The number of rotatable bonds is 0. The van der Waals surface area contributed by atoms with Crippen molar-refractivity contribution < 1.29 is 9.59 Å². The molecule has 0 amide bonds. The summed E-state index contributed by atoms with van der Waals surface area (Å²) in [7, 11) is 0. The van der Waals surface area contributed by atoms with Gasteiger partial charge in [-0.15, -0.1) is 0 Å². The summed E-state index contributed by atoms with van der Waals surface area (Å²) in [6.45, 7) is 1.47. The molecule has 0 saturated heterocycles. The van der Waals surface area contributed by atoms with Gasteiger partial charge < -0.3 is 0 Å². The van der Waals surface area contributed by atoms with Crippen LogP contribution >= 0.6 is 0 Å². The summed E-state index contributed by atoms with van der Waals surface area (Å²) < 4.78 is 0. The third kappa shape index (κ3) is 1.10. The molecule has 3 heteroatoms. The van der Waals surface area contributed by atoms with Crippen molar-refractivity contribution >= 4 is 11.6 Å². The average molecular weight is 147 g/mol. The van der Waals surface area contributed by atoms with E-state index >= 15 is 0 Å². The second-order valence-electron chi connectivity index (χ2n) is 2.17. The van der Waals surface area contributed by atoms with E-state index in [4.69, 9.17) is 5.26 Å². The number of allylic oxidation sites excluding steroid dienone is 4. The van der Waals surface area contributed by atoms with Crippen LogP contribution in [-0.2, 0) is 9.59 Å². The van der Waals surface area contributed by atoms with E-state index in [0.29, 0.717) is 0 Å². The maximum absolute atomic E-state index is 10.9. The van der Waals surface area contributed by atoms with Gasteiger partial charge in [-0.3, -0.25) is 9.59 Å². The molecule has 0 atom stereocenters. The molecule has 0 fully saturated rings. The lowest BCUT2D eigenvalue weighted by molar-refractivity contribution is -0.114. The molecule has 1 aliphatic rings. The Morgan fingerprint density at radius 1 is 1.27 bits per heavy atom. The summed E-state index contributed by atoms with van der Waals surface area (Å²) in [5.41, 5.74) is 0.192. The van der Waals surface area contributed by atoms with Gasteiger partial charge in [-0.2, -0.15) is 5.26 Å². The number of nitriles is 1. The Hall–Kier alpha value is -1.69. The number of hydrogen-bond acceptors (Lipinski definition) is 3. The summed E-state index contributed by atoms with van der Waals surface area (Å²) in [6, 6.07) is 1.69. The normalized spacial score (nSPS) is 17.1. The highest BCUT2D eigenvalue weighted by molar-refractivity contribution is 6.21. The molecular weight excluding hydrogens is 142 g/mol. The third-order valence-electron chi connectivity index (χ3n) is 1.49. The molecule has 0 bridgehead atoms. The van der Waals surface area contributed by atoms with E-state index in [1.807, 2.05) is 0 Å². The van der Waals surface area contributed by atoms with Crippen molar-refractivity contribution in [3.63, 3.8) is 0 Å². The maximum Gasteiger partial charge on any atom is 0.196 e. The molecule has 11 heavy (non-hydrogen) atoms. The van der Waals surface area contributed by atoms with Gasteiger partial charge in [0.2, 0.25) is 0 Å². The van der Waals surface area contributed by atoms with E-state index in [0.717, 1.165) is 6.08 Å². The van der Waals surface area contributed by atoms with E-state index in [1.165, 1.54) is 13.0 Å². The highest BCUT2D eigenvalue weighted by atomic mass is 16.1. The zero-order valence-electron chi connectivity index (χ0n) is 5.92. The number of carbonyl (C=O) groups is 2. The zero-order valence-corrected chi connectivity index (χ0v) is 5.92. The van der Waals surface area contributed by atoms with Crippen molar-refractivity contribution in [3.8, 4) is 6.07 Å². The molecule has 0 aromatic heterocycles. The smallest absolute Gasteiger partial charge is 0.196 e. The van der Waals surface area contributed by atoms with Crippen molar-refractivity contribution in [2.24, 2.45) is 0 Å². The molecule has 0 heterocycles. The maximum atomic E-state index is 10.9. The lowest BCUT2D eigenvalue weighted by atomic mass is 9.97. The van der Waals surface area contributed by atoms with Crippen LogP contribution in [-0.4, -0.2) is 11.6 Å². The van der Waals surface area contributed by atoms with Crippen LogP contribution in [0.2, 0.25) is 0 Å². The van der Waals surface area contributed by atoms with E-state index in [2.05, 4.69) is 0 Å². The van der Waals surface area contributed by atoms with Crippen molar-refractivity contribution in [2.75, 3.05) is 0 Å². The summed E-state index contributed by atoms with van der Waals surface area (Å²) in [4.78, 5) is 21.7. The molecular formula is C8H5NO2. The van der Waals surface area contributed by atoms with Gasteiger partial charge in [0.15, 0.2) is 11.6 Å². The van der Waals surface area contributed by atoms with Crippen molar-refractivity contribution in [1.29, 1.82) is 5.26 Å². The zero-order chi connectivity index (χ0) is 8.43. The second-order valence-corrected chi connectivity index (χ2v) is 2.17. The number of carbonyl (C=O) groups excluding carboxylic acids is 2. The first-order chi connectivity index (χ1) is 5.16. The Morgan fingerprint density at radius 2 is 1.82 bits per heavy atom. The molecule has 0 aromatic rings. The predicted octanol–water partition coefficient (Wildman–Crippen LogP) is 0.534. The summed E-state index contributed by atoms with van der Waals surface area (Å²) in [6.07, 6.45) is 2.30. The van der Waals surface area contributed by atoms with Crippen molar-refractivity contribution in [2.45, 2.75) is 6.92 Å². The first kappa shape index (κ1) is 7.42. The number of hydrogen-bond donors (Lipinski definition) is 0. The topological polar surface area (TPSA) is 57.9 Å². The lowest BCUT2D eigenvalue weighted by Gasteiger charge is -2.02. The van der Waals surface area contributed by atoms with E-state index < -0.39 is 0 Å².